The standard InChI is InChI=1S/C8H14N4O2S4/c9-6(12-8(17)18)10-3-1-2-4(5(13)14)11-7(15)16/h4H,1-3H2,(H,13,14)(H2,11,15,16)(H4,9,10,12,17,18)/t4-/m0/s1. The summed E-state index contributed by atoms with van der Waals surface area (Å²) in [5.74, 6) is -0.836. The molecule has 0 saturated heterocycles. The fourth-order valence-corrected chi connectivity index (χ4v) is 1.57. The van der Waals surface area contributed by atoms with Gasteiger partial charge in [0.2, 0.25) is 0 Å². The van der Waals surface area contributed by atoms with Gasteiger partial charge in [-0.05, 0) is 12.8 Å². The minimum Gasteiger partial charge on any atom is -0.480 e. The molecule has 0 aromatic heterocycles. The summed E-state index contributed by atoms with van der Waals surface area (Å²) >= 11 is 17.0. The summed E-state index contributed by atoms with van der Waals surface area (Å²) in [5.41, 5.74) is 5.47. The van der Waals surface area contributed by atoms with Gasteiger partial charge < -0.3 is 21.5 Å². The lowest BCUT2D eigenvalue weighted by molar-refractivity contribution is -0.139. The third-order valence-electron chi connectivity index (χ3n) is 1.76. The number of guanidine groups is 1. The maximum absolute atomic E-state index is 10.9. The second-order valence-corrected chi connectivity index (χ2v) is 5.50. The van der Waals surface area contributed by atoms with Crippen LogP contribution in [0.3, 0.4) is 0 Å². The van der Waals surface area contributed by atoms with Crippen molar-refractivity contribution >= 4 is 70.3 Å². The van der Waals surface area contributed by atoms with Crippen molar-refractivity contribution in [1.29, 1.82) is 0 Å². The first-order valence-electron chi connectivity index (χ1n) is 4.85. The SMILES string of the molecule is NC(=NCCC[C@H](NC(=S)S)C(=O)O)NC(=S)S. The van der Waals surface area contributed by atoms with Gasteiger partial charge in [0.15, 0.2) is 5.96 Å². The molecule has 0 aliphatic carbocycles. The number of hydrogen-bond acceptors (Lipinski definition) is 4. The quantitative estimate of drug-likeness (QED) is 0.136. The van der Waals surface area contributed by atoms with Crippen molar-refractivity contribution in [1.82, 2.24) is 10.6 Å². The third kappa shape index (κ3) is 9.45. The maximum Gasteiger partial charge on any atom is 0.326 e. The molecule has 0 aromatic carbocycles. The minimum absolute atomic E-state index is 0.146. The Balaban J connectivity index is 4.03. The Labute approximate surface area is 127 Å². The van der Waals surface area contributed by atoms with Crippen LogP contribution in [-0.4, -0.2) is 38.3 Å². The van der Waals surface area contributed by atoms with Crippen LogP contribution in [0.5, 0.6) is 0 Å². The molecule has 0 saturated carbocycles. The van der Waals surface area contributed by atoms with E-state index in [1.54, 1.807) is 0 Å². The molecule has 18 heavy (non-hydrogen) atoms. The van der Waals surface area contributed by atoms with Crippen LogP contribution in [-0.2, 0) is 4.79 Å². The van der Waals surface area contributed by atoms with Gasteiger partial charge in [0.05, 0.1) is 0 Å². The van der Waals surface area contributed by atoms with E-state index in [1.165, 1.54) is 0 Å². The van der Waals surface area contributed by atoms with Gasteiger partial charge in [-0.1, -0.05) is 24.4 Å². The summed E-state index contributed by atoms with van der Waals surface area (Å²) in [5, 5.41) is 14.0. The van der Waals surface area contributed by atoms with Gasteiger partial charge in [0, 0.05) is 6.54 Å². The van der Waals surface area contributed by atoms with Crippen molar-refractivity contribution in [2.45, 2.75) is 18.9 Å². The lowest BCUT2D eigenvalue weighted by Crippen LogP contribution is -2.38. The number of hydrogen-bond donors (Lipinski definition) is 6. The monoisotopic (exact) mass is 326 g/mol. The molecule has 10 heteroatoms. The highest BCUT2D eigenvalue weighted by Gasteiger charge is 2.16. The van der Waals surface area contributed by atoms with Crippen molar-refractivity contribution in [2.75, 3.05) is 6.54 Å². The number of rotatable bonds is 6. The Morgan fingerprint density at radius 2 is 2.00 bits per heavy atom. The number of nitrogens with two attached hydrogens (primary N) is 1. The molecule has 0 unspecified atom stereocenters. The zero-order chi connectivity index (χ0) is 14.1. The van der Waals surface area contributed by atoms with Gasteiger partial charge in [-0.25, -0.2) is 4.79 Å². The van der Waals surface area contributed by atoms with E-state index >= 15 is 0 Å². The molecule has 0 heterocycles. The second-order valence-electron chi connectivity index (χ2n) is 3.18. The summed E-state index contributed by atoms with van der Waals surface area (Å²) in [6, 6.07) is -0.773. The van der Waals surface area contributed by atoms with Crippen LogP contribution in [0.15, 0.2) is 4.99 Å². The highest BCUT2D eigenvalue weighted by atomic mass is 32.1. The number of nitrogens with one attached hydrogen (secondary N) is 2. The molecule has 0 radical (unpaired) electrons. The van der Waals surface area contributed by atoms with E-state index in [2.05, 4.69) is 65.3 Å². The average Bonchev–Trinajstić information content (AvgIpc) is 2.20. The van der Waals surface area contributed by atoms with Gasteiger partial charge in [-0.2, -0.15) is 0 Å². The van der Waals surface area contributed by atoms with Crippen LogP contribution in [0.25, 0.3) is 0 Å². The summed E-state index contributed by atoms with van der Waals surface area (Å²) < 4.78 is 0.370. The normalized spacial score (nSPS) is 12.7. The number of carbonyl (C=O) groups is 1. The predicted octanol–water partition coefficient (Wildman–Crippen LogP) is 0.143. The number of aliphatic imine (C=N–C) groups is 1. The Morgan fingerprint density at radius 1 is 1.39 bits per heavy atom. The third-order valence-corrected chi connectivity index (χ3v) is 2.22. The van der Waals surface area contributed by atoms with Gasteiger partial charge in [-0.15, -0.1) is 25.3 Å². The van der Waals surface area contributed by atoms with Crippen molar-refractivity contribution in [3.8, 4) is 0 Å². The fraction of sp³-hybridized carbons (Fsp3) is 0.500. The van der Waals surface area contributed by atoms with E-state index in [0.29, 0.717) is 19.4 Å². The summed E-state index contributed by atoms with van der Waals surface area (Å²) in [4.78, 5) is 14.8. The van der Waals surface area contributed by atoms with Gasteiger partial charge in [0.1, 0.15) is 14.7 Å². The Bertz CT molecular complexity index is 361. The van der Waals surface area contributed by atoms with E-state index < -0.39 is 12.0 Å². The number of thiol groups is 2. The molecular weight excluding hydrogens is 312 g/mol. The molecule has 0 bridgehead atoms. The number of carboxylic acid groups (broad SMARTS) is 1. The number of nitrogens with zero attached hydrogens (tertiary/aromatic N) is 1. The smallest absolute Gasteiger partial charge is 0.326 e. The van der Waals surface area contributed by atoms with Crippen molar-refractivity contribution in [3.05, 3.63) is 0 Å². The van der Waals surface area contributed by atoms with Crippen LogP contribution in [0, 0.1) is 0 Å². The van der Waals surface area contributed by atoms with Crippen LogP contribution >= 0.6 is 49.7 Å². The summed E-state index contributed by atoms with van der Waals surface area (Å²) in [7, 11) is 0. The molecule has 5 N–H and O–H groups in total. The molecule has 6 nitrogen and oxygen atoms in total. The van der Waals surface area contributed by atoms with E-state index in [1.807, 2.05) is 0 Å². The van der Waals surface area contributed by atoms with Crippen molar-refractivity contribution in [2.24, 2.45) is 10.7 Å². The van der Waals surface area contributed by atoms with E-state index in [9.17, 15) is 4.79 Å². The number of carboxylic acids is 1. The number of thiocarbonyl (C=S) groups is 2. The maximum atomic E-state index is 10.9. The predicted molar refractivity (Wildman–Crippen MR) is 86.6 cm³/mol. The molecule has 102 valence electrons. The lowest BCUT2D eigenvalue weighted by atomic mass is 10.1. The first kappa shape index (κ1) is 17.4. The first-order chi connectivity index (χ1) is 8.32. The molecule has 0 aromatic rings. The fourth-order valence-electron chi connectivity index (χ4n) is 1.05. The van der Waals surface area contributed by atoms with E-state index in [0.717, 1.165) is 0 Å². The Kier molecular flexibility index (Phi) is 9.06. The summed E-state index contributed by atoms with van der Waals surface area (Å²) in [6.45, 7) is 0.375. The molecule has 0 amide bonds. The molecule has 0 spiro atoms. The molecule has 1 atom stereocenters. The Hall–Kier alpha value is -0.580. The summed E-state index contributed by atoms with van der Waals surface area (Å²) in [6.07, 6.45) is 0.889. The minimum atomic E-state index is -0.988. The zero-order valence-corrected chi connectivity index (χ0v) is 12.7. The second kappa shape index (κ2) is 9.36. The topological polar surface area (TPSA) is 99.7 Å². The lowest BCUT2D eigenvalue weighted by Gasteiger charge is -2.13. The van der Waals surface area contributed by atoms with Gasteiger partial charge in [-0.3, -0.25) is 4.99 Å². The van der Waals surface area contributed by atoms with Crippen LogP contribution in [0.2, 0.25) is 0 Å². The molecular formula is C8H14N4O2S4. The van der Waals surface area contributed by atoms with Gasteiger partial charge in [0.25, 0.3) is 0 Å². The van der Waals surface area contributed by atoms with Crippen molar-refractivity contribution < 1.29 is 9.90 Å². The van der Waals surface area contributed by atoms with E-state index in [-0.39, 0.29) is 14.6 Å². The highest BCUT2D eigenvalue weighted by Crippen LogP contribution is 1.99. The molecule has 0 fully saturated rings. The highest BCUT2D eigenvalue weighted by molar-refractivity contribution is 8.11. The zero-order valence-electron chi connectivity index (χ0n) is 9.29. The van der Waals surface area contributed by atoms with Gasteiger partial charge >= 0.3 is 5.97 Å². The largest absolute Gasteiger partial charge is 0.480 e. The molecule has 0 aliphatic heterocycles. The molecule has 0 aliphatic rings. The van der Waals surface area contributed by atoms with Crippen LogP contribution in [0.4, 0.5) is 0 Å². The number of aliphatic carboxylic acids is 1. The average molecular weight is 326 g/mol. The van der Waals surface area contributed by atoms with Crippen LogP contribution < -0.4 is 16.4 Å². The Morgan fingerprint density at radius 3 is 2.44 bits per heavy atom. The van der Waals surface area contributed by atoms with Crippen LogP contribution in [0.1, 0.15) is 12.8 Å². The molecule has 0 rings (SSSR count). The van der Waals surface area contributed by atoms with Crippen molar-refractivity contribution in [3.63, 3.8) is 0 Å². The van der Waals surface area contributed by atoms with E-state index in [4.69, 9.17) is 10.8 Å². The first-order valence-corrected chi connectivity index (χ1v) is 6.56.